The van der Waals surface area contributed by atoms with Gasteiger partial charge in [0.2, 0.25) is 11.9 Å². The van der Waals surface area contributed by atoms with Crippen LogP contribution in [0.25, 0.3) is 0 Å². The van der Waals surface area contributed by atoms with Crippen LogP contribution in [-0.2, 0) is 15.1 Å². The number of benzene rings is 3. The van der Waals surface area contributed by atoms with Crippen molar-refractivity contribution in [2.24, 2.45) is 5.41 Å². The van der Waals surface area contributed by atoms with Crippen LogP contribution in [0.15, 0.2) is 72.8 Å². The largest absolute Gasteiger partial charge is 0.454 e. The lowest BCUT2D eigenvalue weighted by Crippen LogP contribution is -2.44. The molecule has 0 radical (unpaired) electrons. The first-order valence-corrected chi connectivity index (χ1v) is 16.6. The first-order valence-electron chi connectivity index (χ1n) is 16.3. The average Bonchev–Trinajstić information content (AvgIpc) is 3.89. The molecule has 0 saturated heterocycles. The molecule has 5 N–H and O–H groups in total. The van der Waals surface area contributed by atoms with Crippen LogP contribution in [0.5, 0.6) is 11.8 Å². The van der Waals surface area contributed by atoms with Crippen molar-refractivity contribution in [1.29, 1.82) is 0 Å². The van der Waals surface area contributed by atoms with Gasteiger partial charge >= 0.3 is 30.6 Å². The highest BCUT2D eigenvalue weighted by molar-refractivity contribution is 6.39. The van der Waals surface area contributed by atoms with Crippen LogP contribution in [0.1, 0.15) is 42.6 Å². The van der Waals surface area contributed by atoms with E-state index in [9.17, 15) is 36.3 Å². The number of amides is 3. The molecule has 1 saturated carbocycles. The number of alkyl halides is 5. The molecule has 5 rings (SSSR count). The molecule has 0 aliphatic heterocycles. The van der Waals surface area contributed by atoms with Crippen LogP contribution >= 0.6 is 11.6 Å². The molecule has 1 fully saturated rings. The molecule has 13 nitrogen and oxygen atoms in total. The van der Waals surface area contributed by atoms with Gasteiger partial charge in [-0.3, -0.25) is 14.4 Å². The van der Waals surface area contributed by atoms with Crippen molar-refractivity contribution in [3.8, 4) is 11.8 Å². The molecule has 3 aromatic carbocycles. The molecular formula is C35H34ClF5N8O5. The van der Waals surface area contributed by atoms with E-state index in [-0.39, 0.29) is 42.0 Å². The van der Waals surface area contributed by atoms with Gasteiger partial charge in [-0.2, -0.15) is 36.9 Å². The highest BCUT2D eigenvalue weighted by Gasteiger charge is 2.45. The molecule has 19 heteroatoms. The second kappa shape index (κ2) is 16.5. The minimum atomic E-state index is -4.63. The monoisotopic (exact) mass is 776 g/mol. The predicted octanol–water partition coefficient (Wildman–Crippen LogP) is 6.42. The average molecular weight is 777 g/mol. The van der Waals surface area contributed by atoms with Gasteiger partial charge < -0.3 is 36.1 Å². The summed E-state index contributed by atoms with van der Waals surface area (Å²) in [6, 6.07) is 17.7. The number of carbonyl (C=O) groups is 3. The van der Waals surface area contributed by atoms with Crippen LogP contribution < -0.4 is 36.1 Å². The summed E-state index contributed by atoms with van der Waals surface area (Å²) in [5.74, 6) is -2.60. The van der Waals surface area contributed by atoms with Crippen molar-refractivity contribution in [2.45, 2.75) is 45.0 Å². The molecular weight excluding hydrogens is 743 g/mol. The third-order valence-electron chi connectivity index (χ3n) is 7.88. The molecule has 1 aliphatic carbocycles. The molecule has 1 heterocycles. The van der Waals surface area contributed by atoms with Gasteiger partial charge in [-0.15, -0.1) is 0 Å². The summed E-state index contributed by atoms with van der Waals surface area (Å²) < 4.78 is 72.5. The summed E-state index contributed by atoms with van der Waals surface area (Å²) in [7, 11) is 0. The van der Waals surface area contributed by atoms with E-state index in [1.807, 2.05) is 12.1 Å². The number of carbonyl (C=O) groups excluding carboxylic acids is 3. The van der Waals surface area contributed by atoms with E-state index in [0.717, 1.165) is 18.4 Å². The fourth-order valence-electron chi connectivity index (χ4n) is 4.90. The maximum atomic E-state index is 12.9. The first-order chi connectivity index (χ1) is 25.5. The number of anilines is 4. The zero-order chi connectivity index (χ0) is 39.1. The Balaban J connectivity index is 1.15. The van der Waals surface area contributed by atoms with E-state index in [0.29, 0.717) is 10.7 Å². The van der Waals surface area contributed by atoms with Crippen LogP contribution in [0, 0.1) is 5.41 Å². The standard InChI is InChI=1S/C35H34ClF5N8O5/c1-33(2,18-43-27(51)28(52)44-23-11-13-25(14-12-23)54-29(37)38)17-42-26(50)20-3-9-24(10-4-20)45-30-46-31(48-32(47-30)53-19-35(39,40)41)49-34(15-16-34)21-5-7-22(36)8-6-21/h3-14,29H,15-19H2,1-2H3,(H,42,50)(H,43,51)(H,44,52)(H2,45,46,47,48,49). The number of hydrogen-bond donors (Lipinski definition) is 5. The molecule has 1 aliphatic rings. The van der Waals surface area contributed by atoms with Crippen molar-refractivity contribution in [3.05, 3.63) is 88.9 Å². The Morgan fingerprint density at radius 1 is 0.815 bits per heavy atom. The Kier molecular flexibility index (Phi) is 12.0. The zero-order valence-electron chi connectivity index (χ0n) is 28.7. The van der Waals surface area contributed by atoms with Gasteiger partial charge in [0.25, 0.3) is 5.91 Å². The summed E-state index contributed by atoms with van der Waals surface area (Å²) in [4.78, 5) is 49.9. The smallest absolute Gasteiger partial charge is 0.422 e. The van der Waals surface area contributed by atoms with E-state index >= 15 is 0 Å². The molecule has 4 aromatic rings. The van der Waals surface area contributed by atoms with Crippen molar-refractivity contribution >= 4 is 52.6 Å². The number of nitrogens with zero attached hydrogens (tertiary/aromatic N) is 3. The summed E-state index contributed by atoms with van der Waals surface area (Å²) in [6.07, 6.45) is -3.19. The molecule has 0 spiro atoms. The summed E-state index contributed by atoms with van der Waals surface area (Å²) in [6.45, 7) is -0.977. The molecule has 0 unspecified atom stereocenters. The van der Waals surface area contributed by atoms with Crippen LogP contribution in [-0.4, -0.2) is 65.2 Å². The number of nitrogens with one attached hydrogen (secondary N) is 5. The third kappa shape index (κ3) is 11.6. The molecule has 3 amide bonds. The van der Waals surface area contributed by atoms with Gasteiger partial charge in [0, 0.05) is 35.1 Å². The van der Waals surface area contributed by atoms with Gasteiger partial charge in [0.1, 0.15) is 5.75 Å². The second-order valence-electron chi connectivity index (χ2n) is 13.0. The van der Waals surface area contributed by atoms with Crippen LogP contribution in [0.4, 0.5) is 45.2 Å². The van der Waals surface area contributed by atoms with E-state index < -0.39 is 54.1 Å². The maximum Gasteiger partial charge on any atom is 0.422 e. The lowest BCUT2D eigenvalue weighted by atomic mass is 9.93. The highest BCUT2D eigenvalue weighted by atomic mass is 35.5. The molecule has 54 heavy (non-hydrogen) atoms. The first kappa shape index (κ1) is 39.4. The summed E-state index contributed by atoms with van der Waals surface area (Å²) in [5, 5.41) is 14.3. The van der Waals surface area contributed by atoms with Gasteiger partial charge in [0.15, 0.2) is 6.61 Å². The van der Waals surface area contributed by atoms with Gasteiger partial charge in [-0.05, 0) is 84.5 Å². The minimum Gasteiger partial charge on any atom is -0.454 e. The van der Waals surface area contributed by atoms with Crippen molar-refractivity contribution < 1.29 is 45.8 Å². The van der Waals surface area contributed by atoms with Gasteiger partial charge in [-0.1, -0.05) is 37.6 Å². The van der Waals surface area contributed by atoms with Crippen LogP contribution in [0.2, 0.25) is 5.02 Å². The Morgan fingerprint density at radius 2 is 1.43 bits per heavy atom. The second-order valence-corrected chi connectivity index (χ2v) is 13.4. The SMILES string of the molecule is CC(C)(CNC(=O)C(=O)Nc1ccc(OC(F)F)cc1)CNC(=O)c1ccc(Nc2nc(NC3(c4ccc(Cl)cc4)CC3)nc(OCC(F)(F)F)n2)cc1. The van der Waals surface area contributed by atoms with E-state index in [1.54, 1.807) is 38.1 Å². The Labute approximate surface area is 310 Å². The van der Waals surface area contributed by atoms with E-state index in [4.69, 9.17) is 16.3 Å². The maximum absolute atomic E-state index is 12.9. The topological polar surface area (TPSA) is 168 Å². The Morgan fingerprint density at radius 3 is 2.04 bits per heavy atom. The molecule has 0 atom stereocenters. The number of halogens is 6. The van der Waals surface area contributed by atoms with Crippen molar-refractivity contribution in [2.75, 3.05) is 35.6 Å². The normalized spacial score (nSPS) is 13.4. The quantitative estimate of drug-likeness (QED) is 0.0671. The van der Waals surface area contributed by atoms with Gasteiger partial charge in [-0.25, -0.2) is 0 Å². The van der Waals surface area contributed by atoms with E-state index in [1.165, 1.54) is 36.4 Å². The molecule has 1 aromatic heterocycles. The highest BCUT2D eigenvalue weighted by Crippen LogP contribution is 2.48. The van der Waals surface area contributed by atoms with Crippen molar-refractivity contribution in [1.82, 2.24) is 25.6 Å². The number of hydrogen-bond acceptors (Lipinski definition) is 10. The fraction of sp³-hybridized carbons (Fsp3) is 0.314. The predicted molar refractivity (Wildman–Crippen MR) is 188 cm³/mol. The van der Waals surface area contributed by atoms with Gasteiger partial charge in [0.05, 0.1) is 5.54 Å². The number of rotatable bonds is 15. The van der Waals surface area contributed by atoms with E-state index in [2.05, 4.69) is 46.3 Å². The lowest BCUT2D eigenvalue weighted by molar-refractivity contribution is -0.154. The van der Waals surface area contributed by atoms with Crippen LogP contribution in [0.3, 0.4) is 0 Å². The summed E-state index contributed by atoms with van der Waals surface area (Å²) >= 11 is 6.02. The number of ether oxygens (including phenoxy) is 2. The minimum absolute atomic E-state index is 0.0117. The fourth-order valence-corrected chi connectivity index (χ4v) is 5.02. The third-order valence-corrected chi connectivity index (χ3v) is 8.13. The summed E-state index contributed by atoms with van der Waals surface area (Å²) in [5.41, 5.74) is 0.539. The molecule has 0 bridgehead atoms. The zero-order valence-corrected chi connectivity index (χ0v) is 29.4. The lowest BCUT2D eigenvalue weighted by Gasteiger charge is -2.25. The Bertz CT molecular complexity index is 1950. The Hall–Kier alpha value is -5.78. The van der Waals surface area contributed by atoms with Crippen molar-refractivity contribution in [3.63, 3.8) is 0 Å². The molecule has 286 valence electrons. The number of aromatic nitrogens is 3.